The van der Waals surface area contributed by atoms with Crippen LogP contribution in [0.3, 0.4) is 0 Å². The summed E-state index contributed by atoms with van der Waals surface area (Å²) in [6.07, 6.45) is 0. The van der Waals surface area contributed by atoms with Gasteiger partial charge < -0.3 is 0 Å². The van der Waals surface area contributed by atoms with Crippen molar-refractivity contribution in [2.45, 2.75) is 20.8 Å². The summed E-state index contributed by atoms with van der Waals surface area (Å²) in [4.78, 5) is 35.1. The van der Waals surface area contributed by atoms with E-state index in [1.165, 1.54) is 0 Å². The monoisotopic (exact) mass is 611 g/mol. The number of imidazole rings is 4. The van der Waals surface area contributed by atoms with Crippen LogP contribution in [0.2, 0.25) is 0 Å². The van der Waals surface area contributed by atoms with Gasteiger partial charge in [-0.2, -0.15) is 15.0 Å². The highest BCUT2D eigenvalue weighted by molar-refractivity contribution is 5.93. The van der Waals surface area contributed by atoms with E-state index in [0.717, 1.165) is 61.1 Å². The van der Waals surface area contributed by atoms with Crippen molar-refractivity contribution in [1.82, 2.24) is 52.8 Å². The highest BCUT2D eigenvalue weighted by atomic mass is 15.3. The van der Waals surface area contributed by atoms with Gasteiger partial charge in [-0.05, 0) is 69.3 Å². The van der Waals surface area contributed by atoms with Crippen LogP contribution in [-0.2, 0) is 0 Å². The summed E-state index contributed by atoms with van der Waals surface area (Å²) in [6, 6.07) is 32.7. The summed E-state index contributed by atoms with van der Waals surface area (Å²) in [7, 11) is 0. The van der Waals surface area contributed by atoms with Crippen LogP contribution in [0, 0.1) is 20.8 Å². The van der Waals surface area contributed by atoms with Gasteiger partial charge in [0, 0.05) is 0 Å². The molecular formula is C36H25N11. The third-order valence-electron chi connectivity index (χ3n) is 8.83. The van der Waals surface area contributed by atoms with Gasteiger partial charge in [-0.1, -0.05) is 48.5 Å². The van der Waals surface area contributed by atoms with Crippen molar-refractivity contribution in [3.63, 3.8) is 0 Å². The topological polar surface area (TPSA) is 109 Å². The lowest BCUT2D eigenvalue weighted by atomic mass is 10.1. The fourth-order valence-electron chi connectivity index (χ4n) is 6.97. The van der Waals surface area contributed by atoms with Crippen LogP contribution >= 0.6 is 0 Å². The molecule has 6 aromatic heterocycles. The number of para-hydroxylation sites is 8. The fourth-order valence-corrected chi connectivity index (χ4v) is 6.97. The van der Waals surface area contributed by atoms with E-state index in [1.54, 1.807) is 0 Å². The van der Waals surface area contributed by atoms with Gasteiger partial charge in [0.1, 0.15) is 5.82 Å². The Bertz CT molecular complexity index is 2710. The molecule has 10 aromatic rings. The Balaban J connectivity index is 1.37. The van der Waals surface area contributed by atoms with Crippen molar-refractivity contribution in [3.05, 3.63) is 114 Å². The molecule has 0 radical (unpaired) electrons. The van der Waals surface area contributed by atoms with Gasteiger partial charge in [0.2, 0.25) is 23.5 Å². The molecule has 0 fully saturated rings. The zero-order valence-corrected chi connectivity index (χ0v) is 25.7. The van der Waals surface area contributed by atoms with Crippen molar-refractivity contribution in [2.24, 2.45) is 0 Å². The number of fused-ring (bicyclic) bond motifs is 10. The van der Waals surface area contributed by atoms with Gasteiger partial charge in [-0.15, -0.1) is 0 Å². The van der Waals surface area contributed by atoms with E-state index in [-0.39, 0.29) is 0 Å². The number of nitrogens with zero attached hydrogens (tertiary/aromatic N) is 11. The number of aromatic nitrogens is 11. The summed E-state index contributed by atoms with van der Waals surface area (Å²) in [6.45, 7) is 5.83. The standard InChI is InChI=1S/C36H25N11/c1-20-31(21(2)38-22(3)37-20)32-41-33(46-29-18-10-8-16-27(29)44-25-14-6-4-12-23(25)39-35(44)46)43-34(42-32)47-30-19-11-9-17-28(30)45-26-15-7-5-13-24(26)40-36(45)47/h4-19H,1-3H3. The number of hydrogen-bond donors (Lipinski definition) is 0. The van der Waals surface area contributed by atoms with E-state index >= 15 is 0 Å². The predicted octanol–water partition coefficient (Wildman–Crippen LogP) is 6.74. The first kappa shape index (κ1) is 25.8. The second-order valence-electron chi connectivity index (χ2n) is 11.7. The lowest BCUT2D eigenvalue weighted by Gasteiger charge is -2.13. The molecule has 0 N–H and O–H groups in total. The molecule has 0 saturated carbocycles. The van der Waals surface area contributed by atoms with E-state index in [4.69, 9.17) is 34.9 Å². The van der Waals surface area contributed by atoms with E-state index < -0.39 is 0 Å². The Kier molecular flexibility index (Phi) is 5.09. The molecule has 0 aliphatic rings. The van der Waals surface area contributed by atoms with Crippen LogP contribution in [0.5, 0.6) is 0 Å². The summed E-state index contributed by atoms with van der Waals surface area (Å²) in [5.74, 6) is 3.44. The van der Waals surface area contributed by atoms with Crippen molar-refractivity contribution >= 4 is 55.7 Å². The SMILES string of the molecule is Cc1nc(C)c(-c2nc(-n3c4ccccc4n4c5ccccc5nc34)nc(-n3c4ccccc4n4c5ccccc5nc34)n2)c(C)n1. The minimum atomic E-state index is 0.429. The lowest BCUT2D eigenvalue weighted by Crippen LogP contribution is -2.12. The second-order valence-corrected chi connectivity index (χ2v) is 11.7. The average molecular weight is 612 g/mol. The highest BCUT2D eigenvalue weighted by Gasteiger charge is 2.25. The first-order chi connectivity index (χ1) is 23.0. The third-order valence-corrected chi connectivity index (χ3v) is 8.83. The van der Waals surface area contributed by atoms with Crippen molar-refractivity contribution in [1.29, 1.82) is 0 Å². The lowest BCUT2D eigenvalue weighted by molar-refractivity contribution is 0.871. The zero-order valence-electron chi connectivity index (χ0n) is 25.7. The van der Waals surface area contributed by atoms with Gasteiger partial charge in [0.15, 0.2) is 5.82 Å². The Hall–Kier alpha value is -6.49. The summed E-state index contributed by atoms with van der Waals surface area (Å²) in [5, 5.41) is 0. The van der Waals surface area contributed by atoms with Crippen molar-refractivity contribution in [3.8, 4) is 23.3 Å². The van der Waals surface area contributed by atoms with E-state index in [1.807, 2.05) is 90.6 Å². The molecule has 0 atom stereocenters. The highest BCUT2D eigenvalue weighted by Crippen LogP contribution is 2.32. The molecule has 47 heavy (non-hydrogen) atoms. The molecule has 4 aromatic carbocycles. The Morgan fingerprint density at radius 3 is 1.28 bits per heavy atom. The maximum atomic E-state index is 5.22. The van der Waals surface area contributed by atoms with Crippen LogP contribution in [0.1, 0.15) is 17.2 Å². The van der Waals surface area contributed by atoms with E-state index in [9.17, 15) is 0 Å². The minimum Gasteiger partial charge on any atom is -0.276 e. The molecule has 10 rings (SSSR count). The number of hydrogen-bond acceptors (Lipinski definition) is 7. The molecule has 0 bridgehead atoms. The fraction of sp³-hybridized carbons (Fsp3) is 0.0833. The smallest absolute Gasteiger partial charge is 0.242 e. The molecule has 0 unspecified atom stereocenters. The summed E-state index contributed by atoms with van der Waals surface area (Å²) in [5.41, 5.74) is 9.98. The Labute approximate surface area is 266 Å². The first-order valence-corrected chi connectivity index (χ1v) is 15.4. The zero-order chi connectivity index (χ0) is 31.4. The van der Waals surface area contributed by atoms with Crippen molar-refractivity contribution in [2.75, 3.05) is 0 Å². The molecule has 0 amide bonds. The molecule has 11 heteroatoms. The molecule has 224 valence electrons. The molecule has 0 aliphatic carbocycles. The molecule has 11 nitrogen and oxygen atoms in total. The Morgan fingerprint density at radius 1 is 0.404 bits per heavy atom. The largest absolute Gasteiger partial charge is 0.276 e. The quantitative estimate of drug-likeness (QED) is 0.218. The minimum absolute atomic E-state index is 0.429. The maximum absolute atomic E-state index is 5.22. The van der Waals surface area contributed by atoms with Gasteiger partial charge in [0.05, 0.1) is 61.1 Å². The van der Waals surface area contributed by atoms with Gasteiger partial charge in [-0.25, -0.2) is 29.1 Å². The Morgan fingerprint density at radius 2 is 0.809 bits per heavy atom. The second kappa shape index (κ2) is 9.27. The molecule has 0 spiro atoms. The summed E-state index contributed by atoms with van der Waals surface area (Å²) >= 11 is 0. The van der Waals surface area contributed by atoms with Gasteiger partial charge in [-0.3, -0.25) is 8.80 Å². The van der Waals surface area contributed by atoms with Gasteiger partial charge >= 0.3 is 0 Å². The third kappa shape index (κ3) is 3.53. The molecule has 0 aliphatic heterocycles. The number of rotatable bonds is 3. The average Bonchev–Trinajstić information content (AvgIpc) is 3.80. The van der Waals surface area contributed by atoms with E-state index in [2.05, 4.69) is 45.2 Å². The summed E-state index contributed by atoms with van der Waals surface area (Å²) < 4.78 is 8.33. The van der Waals surface area contributed by atoms with Crippen LogP contribution in [0.4, 0.5) is 0 Å². The van der Waals surface area contributed by atoms with Gasteiger partial charge in [0.25, 0.3) is 0 Å². The predicted molar refractivity (Wildman–Crippen MR) is 181 cm³/mol. The van der Waals surface area contributed by atoms with E-state index in [0.29, 0.717) is 35.1 Å². The van der Waals surface area contributed by atoms with Crippen LogP contribution in [-0.4, -0.2) is 52.8 Å². The molecule has 6 heterocycles. The van der Waals surface area contributed by atoms with Crippen LogP contribution in [0.15, 0.2) is 97.1 Å². The normalized spacial score (nSPS) is 12.1. The molecular weight excluding hydrogens is 586 g/mol. The first-order valence-electron chi connectivity index (χ1n) is 15.4. The maximum Gasteiger partial charge on any atom is 0.242 e. The number of aryl methyl sites for hydroxylation is 3. The van der Waals surface area contributed by atoms with Crippen LogP contribution < -0.4 is 0 Å². The van der Waals surface area contributed by atoms with Crippen molar-refractivity contribution < 1.29 is 0 Å². The van der Waals surface area contributed by atoms with Crippen LogP contribution in [0.25, 0.3) is 79.0 Å². The number of benzene rings is 4. The molecule has 0 saturated heterocycles.